The summed E-state index contributed by atoms with van der Waals surface area (Å²) in [5.41, 5.74) is 0.759. The van der Waals surface area contributed by atoms with Gasteiger partial charge >= 0.3 is 0 Å². The topological polar surface area (TPSA) is 25.2 Å². The fourth-order valence-electron chi connectivity index (χ4n) is 1.96. The number of rotatable bonds is 6. The van der Waals surface area contributed by atoms with Crippen molar-refractivity contribution in [2.24, 2.45) is 0 Å². The van der Waals surface area contributed by atoms with Crippen molar-refractivity contribution in [1.82, 2.24) is 5.32 Å². The minimum atomic E-state index is -0.127. The molecule has 96 valence electrons. The molecule has 2 aromatic rings. The van der Waals surface area contributed by atoms with Crippen LogP contribution in [0.5, 0.6) is 0 Å². The molecule has 0 saturated carbocycles. The molecule has 0 aliphatic heterocycles. The van der Waals surface area contributed by atoms with Crippen LogP contribution in [0.15, 0.2) is 47.1 Å². The maximum absolute atomic E-state index is 13.4. The molecule has 0 aliphatic rings. The summed E-state index contributed by atoms with van der Waals surface area (Å²) in [7, 11) is 0. The molecule has 0 amide bonds. The van der Waals surface area contributed by atoms with E-state index in [9.17, 15) is 4.39 Å². The first kappa shape index (κ1) is 12.8. The van der Waals surface area contributed by atoms with Gasteiger partial charge in [0.1, 0.15) is 11.6 Å². The van der Waals surface area contributed by atoms with Gasteiger partial charge in [-0.05, 0) is 43.7 Å². The Morgan fingerprint density at radius 1 is 1.22 bits per heavy atom. The zero-order valence-electron chi connectivity index (χ0n) is 10.5. The number of halogens is 1. The molecular weight excluding hydrogens is 229 g/mol. The normalized spacial score (nSPS) is 12.6. The number of benzene rings is 1. The van der Waals surface area contributed by atoms with E-state index in [1.807, 2.05) is 24.3 Å². The van der Waals surface area contributed by atoms with Crippen molar-refractivity contribution in [3.05, 3.63) is 59.8 Å². The molecule has 18 heavy (non-hydrogen) atoms. The van der Waals surface area contributed by atoms with Gasteiger partial charge in [0.2, 0.25) is 0 Å². The summed E-state index contributed by atoms with van der Waals surface area (Å²) in [5, 5.41) is 3.37. The lowest BCUT2D eigenvalue weighted by atomic mass is 10.1. The molecule has 0 aliphatic carbocycles. The second-order valence-corrected chi connectivity index (χ2v) is 4.48. The first-order valence-electron chi connectivity index (χ1n) is 6.25. The Bertz CT molecular complexity index is 467. The molecule has 1 unspecified atom stereocenters. The van der Waals surface area contributed by atoms with Crippen LogP contribution in [0.25, 0.3) is 0 Å². The van der Waals surface area contributed by atoms with Crippen LogP contribution in [0.4, 0.5) is 4.39 Å². The standard InChI is InChI=1S/C15H18FNO/c1-12(11-14-6-4-10-18-14)17-9-8-13-5-2-3-7-15(13)16/h2-7,10,12,17H,8-9,11H2,1H3. The molecule has 2 nitrogen and oxygen atoms in total. The predicted molar refractivity (Wildman–Crippen MR) is 70.0 cm³/mol. The minimum Gasteiger partial charge on any atom is -0.469 e. The van der Waals surface area contributed by atoms with Crippen molar-refractivity contribution in [3.63, 3.8) is 0 Å². The molecule has 0 bridgehead atoms. The first-order valence-corrected chi connectivity index (χ1v) is 6.25. The van der Waals surface area contributed by atoms with Gasteiger partial charge < -0.3 is 9.73 Å². The third kappa shape index (κ3) is 3.70. The van der Waals surface area contributed by atoms with Crippen LogP contribution in [0.2, 0.25) is 0 Å². The van der Waals surface area contributed by atoms with E-state index in [-0.39, 0.29) is 5.82 Å². The lowest BCUT2D eigenvalue weighted by molar-refractivity contribution is 0.457. The summed E-state index contributed by atoms with van der Waals surface area (Å²) in [4.78, 5) is 0. The zero-order chi connectivity index (χ0) is 12.8. The van der Waals surface area contributed by atoms with Gasteiger partial charge in [0.15, 0.2) is 0 Å². The molecule has 1 heterocycles. The molecule has 0 fully saturated rings. The fraction of sp³-hybridized carbons (Fsp3) is 0.333. The number of hydrogen-bond acceptors (Lipinski definition) is 2. The van der Waals surface area contributed by atoms with E-state index >= 15 is 0 Å². The van der Waals surface area contributed by atoms with E-state index in [1.54, 1.807) is 12.3 Å². The Balaban J connectivity index is 1.74. The molecule has 0 saturated heterocycles. The highest BCUT2D eigenvalue weighted by molar-refractivity contribution is 5.17. The van der Waals surface area contributed by atoms with Crippen molar-refractivity contribution >= 4 is 0 Å². The lowest BCUT2D eigenvalue weighted by Crippen LogP contribution is -2.30. The molecule has 2 rings (SSSR count). The molecule has 1 atom stereocenters. The largest absolute Gasteiger partial charge is 0.469 e. The molecule has 0 radical (unpaired) electrons. The summed E-state index contributed by atoms with van der Waals surface area (Å²) in [6.45, 7) is 2.87. The van der Waals surface area contributed by atoms with Crippen molar-refractivity contribution in [3.8, 4) is 0 Å². The second kappa shape index (κ2) is 6.36. The Morgan fingerprint density at radius 3 is 2.78 bits per heavy atom. The van der Waals surface area contributed by atoms with Crippen LogP contribution in [0.1, 0.15) is 18.2 Å². The summed E-state index contributed by atoms with van der Waals surface area (Å²) in [6.07, 6.45) is 3.24. The summed E-state index contributed by atoms with van der Waals surface area (Å²) in [5.74, 6) is 0.846. The van der Waals surface area contributed by atoms with Crippen LogP contribution >= 0.6 is 0 Å². The van der Waals surface area contributed by atoms with Gasteiger partial charge in [-0.25, -0.2) is 4.39 Å². The molecule has 0 spiro atoms. The van der Waals surface area contributed by atoms with Crippen molar-refractivity contribution < 1.29 is 8.81 Å². The molecule has 1 aromatic carbocycles. The first-order chi connectivity index (χ1) is 8.75. The highest BCUT2D eigenvalue weighted by atomic mass is 19.1. The quantitative estimate of drug-likeness (QED) is 0.848. The monoisotopic (exact) mass is 247 g/mol. The maximum Gasteiger partial charge on any atom is 0.126 e. The zero-order valence-corrected chi connectivity index (χ0v) is 10.5. The van der Waals surface area contributed by atoms with Crippen molar-refractivity contribution in [1.29, 1.82) is 0 Å². The van der Waals surface area contributed by atoms with E-state index in [0.29, 0.717) is 12.5 Å². The van der Waals surface area contributed by atoms with E-state index in [1.165, 1.54) is 6.07 Å². The van der Waals surface area contributed by atoms with Gasteiger partial charge in [0.25, 0.3) is 0 Å². The lowest BCUT2D eigenvalue weighted by Gasteiger charge is -2.12. The van der Waals surface area contributed by atoms with E-state index < -0.39 is 0 Å². The van der Waals surface area contributed by atoms with Crippen LogP contribution in [0.3, 0.4) is 0 Å². The minimum absolute atomic E-state index is 0.127. The Labute approximate surface area is 107 Å². The third-order valence-corrected chi connectivity index (χ3v) is 2.93. The van der Waals surface area contributed by atoms with Crippen LogP contribution in [-0.2, 0) is 12.8 Å². The Hall–Kier alpha value is -1.61. The number of nitrogens with one attached hydrogen (secondary N) is 1. The van der Waals surface area contributed by atoms with Gasteiger partial charge in [-0.15, -0.1) is 0 Å². The highest BCUT2D eigenvalue weighted by Gasteiger charge is 2.05. The van der Waals surface area contributed by atoms with Gasteiger partial charge in [-0.1, -0.05) is 18.2 Å². The summed E-state index contributed by atoms with van der Waals surface area (Å²) >= 11 is 0. The average Bonchev–Trinajstić information content (AvgIpc) is 2.84. The number of furan rings is 1. The molecule has 1 N–H and O–H groups in total. The molecule has 1 aromatic heterocycles. The molecular formula is C15H18FNO. The second-order valence-electron chi connectivity index (χ2n) is 4.48. The van der Waals surface area contributed by atoms with Crippen LogP contribution in [0, 0.1) is 5.82 Å². The summed E-state index contributed by atoms with van der Waals surface area (Å²) in [6, 6.07) is 11.1. The fourth-order valence-corrected chi connectivity index (χ4v) is 1.96. The van der Waals surface area contributed by atoms with E-state index in [2.05, 4.69) is 12.2 Å². The number of hydrogen-bond donors (Lipinski definition) is 1. The SMILES string of the molecule is CC(Cc1ccco1)NCCc1ccccc1F. The van der Waals surface area contributed by atoms with Crippen molar-refractivity contribution in [2.45, 2.75) is 25.8 Å². The van der Waals surface area contributed by atoms with Crippen LogP contribution < -0.4 is 5.32 Å². The van der Waals surface area contributed by atoms with Gasteiger partial charge in [0, 0.05) is 12.5 Å². The van der Waals surface area contributed by atoms with E-state index in [4.69, 9.17) is 4.42 Å². The highest BCUT2D eigenvalue weighted by Crippen LogP contribution is 2.07. The maximum atomic E-state index is 13.4. The van der Waals surface area contributed by atoms with Crippen LogP contribution in [-0.4, -0.2) is 12.6 Å². The average molecular weight is 247 g/mol. The van der Waals surface area contributed by atoms with Crippen molar-refractivity contribution in [2.75, 3.05) is 6.54 Å². The van der Waals surface area contributed by atoms with Gasteiger partial charge in [0.05, 0.1) is 6.26 Å². The van der Waals surface area contributed by atoms with Gasteiger partial charge in [-0.3, -0.25) is 0 Å². The van der Waals surface area contributed by atoms with E-state index in [0.717, 1.165) is 24.3 Å². The summed E-state index contributed by atoms with van der Waals surface area (Å²) < 4.78 is 18.7. The smallest absolute Gasteiger partial charge is 0.126 e. The predicted octanol–water partition coefficient (Wildman–Crippen LogP) is 3.18. The Kier molecular flexibility index (Phi) is 4.53. The van der Waals surface area contributed by atoms with Gasteiger partial charge in [-0.2, -0.15) is 0 Å². The molecule has 3 heteroatoms. The third-order valence-electron chi connectivity index (χ3n) is 2.93. The Morgan fingerprint density at radius 2 is 2.06 bits per heavy atom.